The Morgan fingerprint density at radius 2 is 2.08 bits per heavy atom. The Morgan fingerprint density at radius 3 is 2.88 bits per heavy atom. The standard InChI is InChI=1S/C17H15N3O2S2/c21-16(19-14-7-4-8-18-11-14)22-9-10-23-17-20-15(12-24-17)13-5-2-1-3-6-13/h1-8,11-12H,9-10H2,(H,19,21). The van der Waals surface area contributed by atoms with E-state index in [1.165, 1.54) is 0 Å². The summed E-state index contributed by atoms with van der Waals surface area (Å²) in [5.41, 5.74) is 2.69. The van der Waals surface area contributed by atoms with Gasteiger partial charge in [-0.3, -0.25) is 10.3 Å². The third kappa shape index (κ3) is 4.81. The number of hydrogen-bond donors (Lipinski definition) is 1. The summed E-state index contributed by atoms with van der Waals surface area (Å²) in [7, 11) is 0. The van der Waals surface area contributed by atoms with Crippen LogP contribution in [-0.2, 0) is 4.74 Å². The van der Waals surface area contributed by atoms with Crippen LogP contribution in [-0.4, -0.2) is 28.4 Å². The summed E-state index contributed by atoms with van der Waals surface area (Å²) in [4.78, 5) is 20.1. The number of amides is 1. The van der Waals surface area contributed by atoms with Crippen molar-refractivity contribution in [2.24, 2.45) is 0 Å². The van der Waals surface area contributed by atoms with Crippen LogP contribution in [0.25, 0.3) is 11.3 Å². The van der Waals surface area contributed by atoms with E-state index < -0.39 is 6.09 Å². The topological polar surface area (TPSA) is 64.1 Å². The maximum Gasteiger partial charge on any atom is 0.411 e. The molecule has 3 rings (SSSR count). The molecule has 0 radical (unpaired) electrons. The van der Waals surface area contributed by atoms with E-state index in [0.29, 0.717) is 18.0 Å². The molecule has 2 aromatic heterocycles. The van der Waals surface area contributed by atoms with Gasteiger partial charge in [-0.25, -0.2) is 9.78 Å². The van der Waals surface area contributed by atoms with Crippen molar-refractivity contribution in [2.45, 2.75) is 4.34 Å². The summed E-state index contributed by atoms with van der Waals surface area (Å²) in [6, 6.07) is 13.6. The van der Waals surface area contributed by atoms with E-state index >= 15 is 0 Å². The number of rotatable bonds is 6. The molecule has 0 atom stereocenters. The molecule has 3 aromatic rings. The van der Waals surface area contributed by atoms with Gasteiger partial charge >= 0.3 is 6.09 Å². The van der Waals surface area contributed by atoms with Crippen LogP contribution in [0.1, 0.15) is 0 Å². The smallest absolute Gasteiger partial charge is 0.411 e. The van der Waals surface area contributed by atoms with Crippen molar-refractivity contribution in [2.75, 3.05) is 17.7 Å². The molecule has 1 aromatic carbocycles. The molecule has 0 unspecified atom stereocenters. The lowest BCUT2D eigenvalue weighted by atomic mass is 10.2. The minimum atomic E-state index is -0.479. The molecule has 0 saturated heterocycles. The Hall–Kier alpha value is -2.38. The fraction of sp³-hybridized carbons (Fsp3) is 0.118. The molecule has 1 amide bonds. The molecule has 0 aliphatic rings. The second kappa shape index (κ2) is 8.47. The van der Waals surface area contributed by atoms with E-state index in [4.69, 9.17) is 4.74 Å². The Balaban J connectivity index is 1.41. The number of thiazole rings is 1. The van der Waals surface area contributed by atoms with Gasteiger partial charge in [0.25, 0.3) is 0 Å². The van der Waals surface area contributed by atoms with Gasteiger partial charge in [-0.05, 0) is 12.1 Å². The Bertz CT molecular complexity index is 779. The van der Waals surface area contributed by atoms with Gasteiger partial charge < -0.3 is 4.74 Å². The van der Waals surface area contributed by atoms with Gasteiger partial charge in [0.15, 0.2) is 4.34 Å². The molecule has 122 valence electrons. The number of thioether (sulfide) groups is 1. The SMILES string of the molecule is O=C(Nc1cccnc1)OCCSc1nc(-c2ccccc2)cs1. The number of nitrogens with zero attached hydrogens (tertiary/aromatic N) is 2. The first-order chi connectivity index (χ1) is 11.8. The number of pyridine rings is 1. The highest BCUT2D eigenvalue weighted by molar-refractivity contribution is 8.01. The van der Waals surface area contributed by atoms with E-state index in [1.807, 2.05) is 35.7 Å². The maximum atomic E-state index is 11.6. The van der Waals surface area contributed by atoms with Gasteiger partial charge in [0.1, 0.15) is 6.61 Å². The van der Waals surface area contributed by atoms with Crippen molar-refractivity contribution < 1.29 is 9.53 Å². The Morgan fingerprint density at radius 1 is 1.21 bits per heavy atom. The normalized spacial score (nSPS) is 10.3. The molecular weight excluding hydrogens is 342 g/mol. The van der Waals surface area contributed by atoms with Gasteiger partial charge in [-0.1, -0.05) is 42.1 Å². The Kier molecular flexibility index (Phi) is 5.81. The van der Waals surface area contributed by atoms with E-state index in [2.05, 4.69) is 15.3 Å². The number of hydrogen-bond acceptors (Lipinski definition) is 6. The van der Waals surface area contributed by atoms with Crippen LogP contribution >= 0.6 is 23.1 Å². The van der Waals surface area contributed by atoms with Crippen LogP contribution in [0.3, 0.4) is 0 Å². The van der Waals surface area contributed by atoms with E-state index in [0.717, 1.165) is 15.6 Å². The molecule has 0 bridgehead atoms. The van der Waals surface area contributed by atoms with Crippen molar-refractivity contribution in [1.82, 2.24) is 9.97 Å². The summed E-state index contributed by atoms with van der Waals surface area (Å²) in [5.74, 6) is 0.655. The average Bonchev–Trinajstić information content (AvgIpc) is 3.09. The lowest BCUT2D eigenvalue weighted by Gasteiger charge is -2.05. The molecule has 0 aliphatic carbocycles. The predicted octanol–water partition coefficient (Wildman–Crippen LogP) is 4.55. The van der Waals surface area contributed by atoms with Crippen LogP contribution in [0, 0.1) is 0 Å². The lowest BCUT2D eigenvalue weighted by Crippen LogP contribution is -2.15. The molecular formula is C17H15N3O2S2. The third-order valence-electron chi connectivity index (χ3n) is 3.00. The van der Waals surface area contributed by atoms with Gasteiger partial charge in [0, 0.05) is 22.9 Å². The highest BCUT2D eigenvalue weighted by atomic mass is 32.2. The van der Waals surface area contributed by atoms with Crippen LogP contribution in [0.4, 0.5) is 10.5 Å². The van der Waals surface area contributed by atoms with E-state index in [9.17, 15) is 4.79 Å². The molecule has 2 heterocycles. The van der Waals surface area contributed by atoms with Crippen molar-refractivity contribution >= 4 is 34.9 Å². The molecule has 0 saturated carbocycles. The first-order valence-corrected chi connectivity index (χ1v) is 9.15. The zero-order valence-corrected chi connectivity index (χ0v) is 14.3. The maximum absolute atomic E-state index is 11.6. The molecule has 1 N–H and O–H groups in total. The van der Waals surface area contributed by atoms with Crippen molar-refractivity contribution in [3.8, 4) is 11.3 Å². The minimum Gasteiger partial charge on any atom is -0.448 e. The molecule has 24 heavy (non-hydrogen) atoms. The number of carbonyl (C=O) groups is 1. The van der Waals surface area contributed by atoms with Crippen molar-refractivity contribution in [3.63, 3.8) is 0 Å². The molecule has 0 fully saturated rings. The summed E-state index contributed by atoms with van der Waals surface area (Å²) < 4.78 is 6.10. The monoisotopic (exact) mass is 357 g/mol. The number of aromatic nitrogens is 2. The highest BCUT2D eigenvalue weighted by Gasteiger charge is 2.06. The number of anilines is 1. The van der Waals surface area contributed by atoms with Crippen LogP contribution in [0.5, 0.6) is 0 Å². The van der Waals surface area contributed by atoms with Crippen LogP contribution in [0.15, 0.2) is 64.6 Å². The first kappa shape index (κ1) is 16.5. The second-order valence-corrected chi connectivity index (χ2v) is 6.92. The van der Waals surface area contributed by atoms with E-state index in [1.54, 1.807) is 47.6 Å². The highest BCUT2D eigenvalue weighted by Crippen LogP contribution is 2.27. The zero-order valence-electron chi connectivity index (χ0n) is 12.7. The number of ether oxygens (including phenoxy) is 1. The zero-order chi connectivity index (χ0) is 16.6. The van der Waals surface area contributed by atoms with Gasteiger partial charge in [-0.15, -0.1) is 11.3 Å². The molecule has 0 spiro atoms. The van der Waals surface area contributed by atoms with Gasteiger partial charge in [0.2, 0.25) is 0 Å². The van der Waals surface area contributed by atoms with Crippen molar-refractivity contribution in [3.05, 3.63) is 60.2 Å². The fourth-order valence-electron chi connectivity index (χ4n) is 1.92. The summed E-state index contributed by atoms with van der Waals surface area (Å²) in [6.45, 7) is 0.316. The summed E-state index contributed by atoms with van der Waals surface area (Å²) >= 11 is 3.17. The van der Waals surface area contributed by atoms with E-state index in [-0.39, 0.29) is 0 Å². The molecule has 0 aliphatic heterocycles. The lowest BCUT2D eigenvalue weighted by molar-refractivity contribution is 0.169. The largest absolute Gasteiger partial charge is 0.448 e. The van der Waals surface area contributed by atoms with Gasteiger partial charge in [0.05, 0.1) is 17.6 Å². The minimum absolute atomic E-state index is 0.316. The number of carbonyl (C=O) groups excluding carboxylic acids is 1. The quantitative estimate of drug-likeness (QED) is 0.518. The average molecular weight is 357 g/mol. The summed E-state index contributed by atoms with van der Waals surface area (Å²) in [6.07, 6.45) is 2.73. The predicted molar refractivity (Wildman–Crippen MR) is 97.5 cm³/mol. The first-order valence-electron chi connectivity index (χ1n) is 7.29. The number of benzene rings is 1. The van der Waals surface area contributed by atoms with Crippen LogP contribution < -0.4 is 5.32 Å². The van der Waals surface area contributed by atoms with Crippen molar-refractivity contribution in [1.29, 1.82) is 0 Å². The van der Waals surface area contributed by atoms with Crippen LogP contribution in [0.2, 0.25) is 0 Å². The molecule has 7 heteroatoms. The summed E-state index contributed by atoms with van der Waals surface area (Å²) in [5, 5.41) is 4.66. The Labute approximate surface area is 148 Å². The third-order valence-corrected chi connectivity index (χ3v) is 4.99. The fourth-order valence-corrected chi connectivity index (χ4v) is 3.64. The van der Waals surface area contributed by atoms with Gasteiger partial charge in [-0.2, -0.15) is 0 Å². The molecule has 5 nitrogen and oxygen atoms in total. The number of nitrogens with one attached hydrogen (secondary N) is 1. The second-order valence-electron chi connectivity index (χ2n) is 4.72.